The van der Waals surface area contributed by atoms with Crippen molar-refractivity contribution in [1.29, 1.82) is 0 Å². The Balaban J connectivity index is 2.61. The molecule has 1 aromatic rings. The van der Waals surface area contributed by atoms with Gasteiger partial charge in [0.15, 0.2) is 0 Å². The lowest BCUT2D eigenvalue weighted by atomic mass is 10.2. The second-order valence-corrected chi connectivity index (χ2v) is 4.35. The highest BCUT2D eigenvalue weighted by Gasteiger charge is 2.14. The summed E-state index contributed by atoms with van der Waals surface area (Å²) in [7, 11) is 3.54. The van der Waals surface area contributed by atoms with Crippen molar-refractivity contribution >= 4 is 26.5 Å². The zero-order valence-electron chi connectivity index (χ0n) is 5.33. The van der Waals surface area contributed by atoms with E-state index in [9.17, 15) is 0 Å². The molecule has 0 radical (unpaired) electrons. The van der Waals surface area contributed by atoms with Crippen molar-refractivity contribution < 1.29 is 0 Å². The van der Waals surface area contributed by atoms with Crippen molar-refractivity contribution in [1.82, 2.24) is 0 Å². The van der Waals surface area contributed by atoms with Gasteiger partial charge in [-0.25, -0.2) is 0 Å². The van der Waals surface area contributed by atoms with E-state index in [1.165, 1.54) is 15.4 Å². The fraction of sp³-hybridized carbons (Fsp3) is 0. The van der Waals surface area contributed by atoms with Crippen molar-refractivity contribution in [2.45, 2.75) is 4.90 Å². The van der Waals surface area contributed by atoms with Crippen molar-refractivity contribution in [3.8, 4) is 0 Å². The summed E-state index contributed by atoms with van der Waals surface area (Å²) in [6.45, 7) is 3.94. The van der Waals surface area contributed by atoms with Crippen LogP contribution in [0.2, 0.25) is 0 Å². The predicted molar refractivity (Wildman–Crippen MR) is 48.9 cm³/mol. The first kappa shape index (κ1) is 6.38. The van der Waals surface area contributed by atoms with Gasteiger partial charge in [-0.1, -0.05) is 46.4 Å². The minimum absolute atomic E-state index is 1.18. The molecule has 50 valence electrons. The van der Waals surface area contributed by atoms with Crippen LogP contribution in [0, 0.1) is 0 Å². The summed E-state index contributed by atoms with van der Waals surface area (Å²) in [6.07, 6.45) is 0. The highest BCUT2D eigenvalue weighted by Crippen LogP contribution is 2.51. The second-order valence-electron chi connectivity index (χ2n) is 2.09. The Morgan fingerprint density at radius 2 is 1.90 bits per heavy atom. The van der Waals surface area contributed by atoms with Crippen molar-refractivity contribution in [3.63, 3.8) is 0 Å². The van der Waals surface area contributed by atoms with E-state index in [-0.39, 0.29) is 0 Å². The molecule has 0 fully saturated rings. The number of fused-ring (bicyclic) bond motifs is 1. The Morgan fingerprint density at radius 1 is 1.10 bits per heavy atom. The monoisotopic (exact) mass is 166 g/mol. The lowest BCUT2D eigenvalue weighted by Crippen LogP contribution is -1.72. The van der Waals surface area contributed by atoms with Gasteiger partial charge in [0.1, 0.15) is 0 Å². The first-order valence-electron chi connectivity index (χ1n) is 3.01. The molecule has 1 heterocycles. The zero-order valence-corrected chi connectivity index (χ0v) is 6.97. The number of hydrogen-bond acceptors (Lipinski definition) is 2. The molecule has 2 rings (SSSR count). The topological polar surface area (TPSA) is 0 Å². The van der Waals surface area contributed by atoms with Gasteiger partial charge in [0.25, 0.3) is 0 Å². The van der Waals surface area contributed by atoms with Gasteiger partial charge in [0.2, 0.25) is 0 Å². The molecular formula is C8H6S2. The second kappa shape index (κ2) is 2.36. The van der Waals surface area contributed by atoms with Crippen LogP contribution in [0.5, 0.6) is 0 Å². The molecular weight excluding hydrogens is 160 g/mol. The van der Waals surface area contributed by atoms with Crippen LogP contribution < -0.4 is 0 Å². The Labute approximate surface area is 68.1 Å². The molecule has 0 N–H and O–H groups in total. The lowest BCUT2D eigenvalue weighted by Gasteiger charge is -1.92. The van der Waals surface area contributed by atoms with Gasteiger partial charge in [-0.05, 0) is 6.07 Å². The molecule has 0 saturated carbocycles. The van der Waals surface area contributed by atoms with E-state index in [1.54, 1.807) is 21.6 Å². The molecule has 10 heavy (non-hydrogen) atoms. The number of benzene rings is 1. The molecule has 0 unspecified atom stereocenters. The summed E-state index contributed by atoms with van der Waals surface area (Å²) in [4.78, 5) is 2.53. The van der Waals surface area contributed by atoms with Crippen molar-refractivity contribution in [3.05, 3.63) is 36.4 Å². The molecule has 1 aliphatic rings. The van der Waals surface area contributed by atoms with Gasteiger partial charge >= 0.3 is 0 Å². The highest BCUT2D eigenvalue weighted by atomic mass is 33.1. The molecule has 0 atom stereocenters. The Kier molecular flexibility index (Phi) is 1.51. The summed E-state index contributed by atoms with van der Waals surface area (Å²) in [5.74, 6) is 0. The minimum atomic E-state index is 1.18. The summed E-state index contributed by atoms with van der Waals surface area (Å²) in [6, 6.07) is 8.36. The van der Waals surface area contributed by atoms with E-state index in [4.69, 9.17) is 0 Å². The van der Waals surface area contributed by atoms with Crippen LogP contribution in [0.3, 0.4) is 0 Å². The summed E-state index contributed by atoms with van der Waals surface area (Å²) >= 11 is 0. The van der Waals surface area contributed by atoms with E-state index in [2.05, 4.69) is 30.8 Å². The van der Waals surface area contributed by atoms with Crippen LogP contribution in [0.15, 0.2) is 35.7 Å². The molecule has 0 nitrogen and oxygen atoms in total. The quantitative estimate of drug-likeness (QED) is 0.542. The summed E-state index contributed by atoms with van der Waals surface area (Å²) < 4.78 is 0. The van der Waals surface area contributed by atoms with E-state index in [0.29, 0.717) is 0 Å². The van der Waals surface area contributed by atoms with E-state index >= 15 is 0 Å². The molecule has 0 spiro atoms. The average Bonchev–Trinajstić information content (AvgIpc) is 2.34. The third-order valence-electron chi connectivity index (χ3n) is 1.42. The molecule has 0 aromatic heterocycles. The minimum Gasteiger partial charge on any atom is -0.0838 e. The Bertz CT molecular complexity index is 278. The smallest absolute Gasteiger partial charge is 0.0270 e. The van der Waals surface area contributed by atoms with E-state index in [0.717, 1.165) is 0 Å². The van der Waals surface area contributed by atoms with Gasteiger partial charge in [-0.3, -0.25) is 0 Å². The molecule has 0 bridgehead atoms. The van der Waals surface area contributed by atoms with Gasteiger partial charge in [-0.15, -0.1) is 0 Å². The number of hydrogen-bond donors (Lipinski definition) is 0. The number of rotatable bonds is 0. The van der Waals surface area contributed by atoms with Gasteiger partial charge in [0.05, 0.1) is 0 Å². The Hall–Kier alpha value is -0.340. The normalized spacial score (nSPS) is 15.4. The largest absolute Gasteiger partial charge is 0.0838 e. The molecule has 0 aliphatic carbocycles. The first-order valence-corrected chi connectivity index (χ1v) is 5.16. The third kappa shape index (κ3) is 0.879. The maximum Gasteiger partial charge on any atom is 0.0270 e. The molecule has 1 aliphatic heterocycles. The highest BCUT2D eigenvalue weighted by molar-refractivity contribution is 8.80. The SMILES string of the molecule is C=C1SSc2ccccc21. The van der Waals surface area contributed by atoms with Crippen LogP contribution >= 0.6 is 21.6 Å². The average molecular weight is 166 g/mol. The maximum atomic E-state index is 3.94. The van der Waals surface area contributed by atoms with Crippen molar-refractivity contribution in [2.24, 2.45) is 0 Å². The van der Waals surface area contributed by atoms with Crippen LogP contribution in [0.4, 0.5) is 0 Å². The molecule has 1 aromatic carbocycles. The lowest BCUT2D eigenvalue weighted by molar-refractivity contribution is 1.44. The van der Waals surface area contributed by atoms with Crippen LogP contribution in [0.1, 0.15) is 5.56 Å². The Morgan fingerprint density at radius 3 is 2.70 bits per heavy atom. The summed E-state index contributed by atoms with van der Waals surface area (Å²) in [5, 5.41) is 0. The van der Waals surface area contributed by atoms with Gasteiger partial charge in [-0.2, -0.15) is 0 Å². The third-order valence-corrected chi connectivity index (χ3v) is 3.85. The van der Waals surface area contributed by atoms with E-state index < -0.39 is 0 Å². The first-order chi connectivity index (χ1) is 4.88. The fourth-order valence-electron chi connectivity index (χ4n) is 0.910. The molecule has 2 heteroatoms. The molecule has 0 amide bonds. The van der Waals surface area contributed by atoms with Crippen LogP contribution in [-0.4, -0.2) is 0 Å². The maximum absolute atomic E-state index is 3.94. The summed E-state index contributed by atoms with van der Waals surface area (Å²) in [5.41, 5.74) is 1.30. The van der Waals surface area contributed by atoms with Gasteiger partial charge < -0.3 is 0 Å². The van der Waals surface area contributed by atoms with E-state index in [1.807, 2.05) is 0 Å². The van der Waals surface area contributed by atoms with Gasteiger partial charge in [0, 0.05) is 15.4 Å². The van der Waals surface area contributed by atoms with Crippen LogP contribution in [-0.2, 0) is 0 Å². The van der Waals surface area contributed by atoms with Crippen LogP contribution in [0.25, 0.3) is 4.91 Å². The molecule has 0 saturated heterocycles. The zero-order chi connectivity index (χ0) is 6.97. The van der Waals surface area contributed by atoms with Crippen molar-refractivity contribution in [2.75, 3.05) is 0 Å². The fourth-order valence-corrected chi connectivity index (χ4v) is 3.12. The standard InChI is InChI=1S/C8H6S2/c1-6-7-4-2-3-5-8(7)10-9-6/h2-5H,1H2. The predicted octanol–water partition coefficient (Wildman–Crippen LogP) is 3.41.